The van der Waals surface area contributed by atoms with Crippen molar-refractivity contribution in [3.8, 4) is 11.5 Å². The van der Waals surface area contributed by atoms with Crippen molar-refractivity contribution in [2.45, 2.75) is 13.8 Å². The average molecular weight is 471 g/mol. The van der Waals surface area contributed by atoms with Crippen LogP contribution in [-0.2, 0) is 4.12 Å². The van der Waals surface area contributed by atoms with Gasteiger partial charge in [0.2, 0.25) is 18.1 Å². The van der Waals surface area contributed by atoms with E-state index < -0.39 is 18.1 Å². The Bertz CT molecular complexity index is 1100. The molecule has 5 heteroatoms. The van der Waals surface area contributed by atoms with Gasteiger partial charge in [0.1, 0.15) is 11.5 Å². The summed E-state index contributed by atoms with van der Waals surface area (Å²) in [5, 5.41) is 4.82. The highest BCUT2D eigenvalue weighted by Gasteiger charge is 2.30. The second kappa shape index (κ2) is 10.7. The van der Waals surface area contributed by atoms with Crippen molar-refractivity contribution >= 4 is 38.8 Å². The molecular formula is C28H30O3Si2. The highest BCUT2D eigenvalue weighted by molar-refractivity contribution is 6.92. The highest BCUT2D eigenvalue weighted by Crippen LogP contribution is 2.15. The molecule has 0 aliphatic heterocycles. The minimum absolute atomic E-state index is 0.887. The highest BCUT2D eigenvalue weighted by atomic mass is 28.4. The molecular weight excluding hydrogens is 440 g/mol. The second-order valence-electron chi connectivity index (χ2n) is 8.21. The standard InChI is InChI=1S/C28H30O3Si2/c1-21-15-17-25(29-3)27(19-21)32(23-11-7-5-8-12-23)31-33(24-13-9-6-10-14-24)28-20-22(2)16-18-26(28)30-4/h5-20,32-33H,1-4H3. The molecule has 2 atom stereocenters. The molecule has 0 radical (unpaired) electrons. The summed E-state index contributed by atoms with van der Waals surface area (Å²) >= 11 is 0. The van der Waals surface area contributed by atoms with Crippen molar-refractivity contribution in [1.29, 1.82) is 0 Å². The molecule has 0 saturated heterocycles. The molecule has 4 aromatic carbocycles. The number of aryl methyl sites for hydroxylation is 2. The molecule has 0 saturated carbocycles. The van der Waals surface area contributed by atoms with Crippen LogP contribution in [0.15, 0.2) is 97.1 Å². The molecule has 0 amide bonds. The Kier molecular flexibility index (Phi) is 7.44. The first kappa shape index (κ1) is 23.0. The lowest BCUT2D eigenvalue weighted by atomic mass is 10.2. The molecule has 0 aromatic heterocycles. The van der Waals surface area contributed by atoms with Gasteiger partial charge in [-0.1, -0.05) is 96.1 Å². The van der Waals surface area contributed by atoms with Gasteiger partial charge in [-0.05, 0) is 36.4 Å². The number of hydrogen-bond donors (Lipinski definition) is 0. The number of ether oxygens (including phenoxy) is 2. The summed E-state index contributed by atoms with van der Waals surface area (Å²) < 4.78 is 18.9. The zero-order chi connectivity index (χ0) is 23.2. The maximum absolute atomic E-state index is 7.31. The largest absolute Gasteiger partial charge is 0.497 e. The Morgan fingerprint density at radius 2 is 0.909 bits per heavy atom. The summed E-state index contributed by atoms with van der Waals surface area (Å²) in [5.74, 6) is 1.77. The fraction of sp³-hybridized carbons (Fsp3) is 0.143. The van der Waals surface area contributed by atoms with E-state index in [2.05, 4.69) is 111 Å². The van der Waals surface area contributed by atoms with Gasteiger partial charge in [-0.3, -0.25) is 0 Å². The summed E-state index contributed by atoms with van der Waals surface area (Å²) in [6, 6.07) is 34.0. The van der Waals surface area contributed by atoms with Crippen LogP contribution in [0.4, 0.5) is 0 Å². The number of rotatable bonds is 8. The van der Waals surface area contributed by atoms with Crippen molar-refractivity contribution in [2.75, 3.05) is 14.2 Å². The quantitative estimate of drug-likeness (QED) is 0.371. The molecule has 168 valence electrons. The van der Waals surface area contributed by atoms with E-state index in [1.165, 1.54) is 31.9 Å². The van der Waals surface area contributed by atoms with Crippen LogP contribution in [0.5, 0.6) is 11.5 Å². The molecule has 0 spiro atoms. The van der Waals surface area contributed by atoms with Crippen LogP contribution in [0.1, 0.15) is 11.1 Å². The summed E-state index contributed by atoms with van der Waals surface area (Å²) in [6.45, 7) is 4.24. The van der Waals surface area contributed by atoms with Crippen molar-refractivity contribution in [3.05, 3.63) is 108 Å². The average Bonchev–Trinajstić information content (AvgIpc) is 2.86. The molecule has 0 N–H and O–H groups in total. The summed E-state index contributed by atoms with van der Waals surface area (Å²) in [6.07, 6.45) is 0. The van der Waals surface area contributed by atoms with E-state index >= 15 is 0 Å². The predicted molar refractivity (Wildman–Crippen MR) is 142 cm³/mol. The Morgan fingerprint density at radius 1 is 0.515 bits per heavy atom. The third kappa shape index (κ3) is 5.27. The molecule has 0 heterocycles. The third-order valence-corrected chi connectivity index (χ3v) is 12.0. The van der Waals surface area contributed by atoms with Gasteiger partial charge in [0.05, 0.1) is 14.2 Å². The fourth-order valence-electron chi connectivity index (χ4n) is 4.17. The van der Waals surface area contributed by atoms with Crippen LogP contribution in [0.2, 0.25) is 0 Å². The second-order valence-corrected chi connectivity index (χ2v) is 13.4. The van der Waals surface area contributed by atoms with Crippen LogP contribution < -0.4 is 30.2 Å². The first-order valence-electron chi connectivity index (χ1n) is 11.1. The van der Waals surface area contributed by atoms with Gasteiger partial charge in [0, 0.05) is 10.4 Å². The Balaban J connectivity index is 1.89. The first-order valence-corrected chi connectivity index (χ1v) is 14.4. The van der Waals surface area contributed by atoms with Gasteiger partial charge in [-0.15, -0.1) is 0 Å². The topological polar surface area (TPSA) is 27.7 Å². The van der Waals surface area contributed by atoms with Crippen molar-refractivity contribution in [3.63, 3.8) is 0 Å². The fourth-order valence-corrected chi connectivity index (χ4v) is 11.3. The monoisotopic (exact) mass is 470 g/mol. The van der Waals surface area contributed by atoms with Crippen LogP contribution in [0, 0.1) is 13.8 Å². The molecule has 0 fully saturated rings. The minimum Gasteiger partial charge on any atom is -0.497 e. The van der Waals surface area contributed by atoms with E-state index in [-0.39, 0.29) is 0 Å². The van der Waals surface area contributed by atoms with Crippen LogP contribution >= 0.6 is 0 Å². The van der Waals surface area contributed by atoms with E-state index in [1.54, 1.807) is 14.2 Å². The van der Waals surface area contributed by atoms with Gasteiger partial charge >= 0.3 is 0 Å². The van der Waals surface area contributed by atoms with E-state index in [1.807, 2.05) is 0 Å². The lowest BCUT2D eigenvalue weighted by Crippen LogP contribution is -2.56. The van der Waals surface area contributed by atoms with E-state index in [9.17, 15) is 0 Å². The van der Waals surface area contributed by atoms with E-state index in [4.69, 9.17) is 13.6 Å². The molecule has 0 aliphatic rings. The van der Waals surface area contributed by atoms with Crippen LogP contribution in [-0.4, -0.2) is 32.3 Å². The van der Waals surface area contributed by atoms with Gasteiger partial charge in [0.25, 0.3) is 0 Å². The molecule has 4 aromatic rings. The van der Waals surface area contributed by atoms with Crippen molar-refractivity contribution < 1.29 is 13.6 Å². The number of hydrogen-bond acceptors (Lipinski definition) is 3. The molecule has 33 heavy (non-hydrogen) atoms. The van der Waals surface area contributed by atoms with Crippen molar-refractivity contribution in [1.82, 2.24) is 0 Å². The van der Waals surface area contributed by atoms with E-state index in [0.29, 0.717) is 0 Å². The molecule has 4 rings (SSSR count). The number of benzene rings is 4. The maximum atomic E-state index is 7.31. The van der Waals surface area contributed by atoms with Crippen LogP contribution in [0.3, 0.4) is 0 Å². The van der Waals surface area contributed by atoms with E-state index in [0.717, 1.165) is 11.5 Å². The zero-order valence-electron chi connectivity index (χ0n) is 19.6. The van der Waals surface area contributed by atoms with Gasteiger partial charge < -0.3 is 13.6 Å². The Morgan fingerprint density at radius 3 is 1.27 bits per heavy atom. The maximum Gasteiger partial charge on any atom is 0.232 e. The Labute approximate surface area is 200 Å². The lowest BCUT2D eigenvalue weighted by Gasteiger charge is -2.27. The van der Waals surface area contributed by atoms with Crippen LogP contribution in [0.25, 0.3) is 0 Å². The molecule has 3 nitrogen and oxygen atoms in total. The smallest absolute Gasteiger partial charge is 0.232 e. The normalized spacial score (nSPS) is 12.7. The number of methoxy groups -OCH3 is 2. The van der Waals surface area contributed by atoms with Gasteiger partial charge in [-0.25, -0.2) is 0 Å². The minimum atomic E-state index is -2.10. The third-order valence-electron chi connectivity index (χ3n) is 5.81. The summed E-state index contributed by atoms with van der Waals surface area (Å²) in [7, 11) is -0.725. The van der Waals surface area contributed by atoms with Gasteiger partial charge in [0.15, 0.2) is 0 Å². The zero-order valence-corrected chi connectivity index (χ0v) is 21.9. The summed E-state index contributed by atoms with van der Waals surface area (Å²) in [5.41, 5.74) is 2.41. The molecule has 0 bridgehead atoms. The molecule has 0 aliphatic carbocycles. The molecule has 2 unspecified atom stereocenters. The van der Waals surface area contributed by atoms with Crippen molar-refractivity contribution in [2.24, 2.45) is 0 Å². The Hall–Kier alpha value is -3.13. The summed E-state index contributed by atoms with van der Waals surface area (Å²) in [4.78, 5) is 0. The predicted octanol–water partition coefficient (Wildman–Crippen LogP) is 2.71. The SMILES string of the molecule is COc1ccc(C)cc1[SiH](O[SiH](c1ccccc1)c1cc(C)ccc1OC)c1ccccc1. The van der Waals surface area contributed by atoms with Gasteiger partial charge in [-0.2, -0.15) is 0 Å². The first-order chi connectivity index (χ1) is 16.1. The lowest BCUT2D eigenvalue weighted by molar-refractivity contribution is 0.416.